The van der Waals surface area contributed by atoms with E-state index in [9.17, 15) is 18.3 Å². The highest BCUT2D eigenvalue weighted by molar-refractivity contribution is 4.76. The molecule has 0 saturated heterocycles. The zero-order chi connectivity index (χ0) is 12.1. The number of aliphatic hydroxyl groups is 1. The molecule has 0 aliphatic rings. The number of hydrogen-bond acceptors (Lipinski definition) is 2. The smallest absolute Gasteiger partial charge is 0.392 e. The van der Waals surface area contributed by atoms with Crippen molar-refractivity contribution in [1.29, 1.82) is 0 Å². The molecule has 0 heterocycles. The number of halogens is 3. The van der Waals surface area contributed by atoms with Gasteiger partial charge >= 0.3 is 6.18 Å². The SMILES string of the molecule is CCCN(CC(F)(F)F)C(C)C(O)CC. The molecule has 0 spiro atoms. The van der Waals surface area contributed by atoms with Crippen LogP contribution < -0.4 is 0 Å². The van der Waals surface area contributed by atoms with Crippen molar-refractivity contribution in [3.63, 3.8) is 0 Å². The molecule has 0 amide bonds. The monoisotopic (exact) mass is 227 g/mol. The first kappa shape index (κ1) is 14.7. The van der Waals surface area contributed by atoms with Crippen LogP contribution in [0, 0.1) is 0 Å². The fraction of sp³-hybridized carbons (Fsp3) is 1.00. The lowest BCUT2D eigenvalue weighted by atomic mass is 10.1. The molecule has 0 bridgehead atoms. The van der Waals surface area contributed by atoms with E-state index in [1.165, 1.54) is 4.90 Å². The van der Waals surface area contributed by atoms with Crippen LogP contribution in [0.2, 0.25) is 0 Å². The number of hydrogen-bond donors (Lipinski definition) is 1. The highest BCUT2D eigenvalue weighted by atomic mass is 19.4. The molecule has 2 atom stereocenters. The lowest BCUT2D eigenvalue weighted by Crippen LogP contribution is -2.46. The number of alkyl halides is 3. The molecular formula is C10H20F3NO. The van der Waals surface area contributed by atoms with E-state index in [1.807, 2.05) is 6.92 Å². The van der Waals surface area contributed by atoms with Crippen molar-refractivity contribution in [2.45, 2.75) is 51.9 Å². The van der Waals surface area contributed by atoms with Crippen molar-refractivity contribution in [3.8, 4) is 0 Å². The van der Waals surface area contributed by atoms with Crippen LogP contribution in [0.4, 0.5) is 13.2 Å². The maximum Gasteiger partial charge on any atom is 0.401 e. The number of rotatable bonds is 6. The summed E-state index contributed by atoms with van der Waals surface area (Å²) in [5.41, 5.74) is 0. The van der Waals surface area contributed by atoms with Gasteiger partial charge in [0.2, 0.25) is 0 Å². The molecule has 0 aromatic rings. The molecule has 0 saturated carbocycles. The van der Waals surface area contributed by atoms with Crippen LogP contribution in [0.3, 0.4) is 0 Å². The largest absolute Gasteiger partial charge is 0.401 e. The predicted molar refractivity (Wildman–Crippen MR) is 53.7 cm³/mol. The van der Waals surface area contributed by atoms with Gasteiger partial charge in [0, 0.05) is 6.04 Å². The quantitative estimate of drug-likeness (QED) is 0.753. The van der Waals surface area contributed by atoms with Crippen LogP contribution in [0.25, 0.3) is 0 Å². The molecule has 15 heavy (non-hydrogen) atoms. The lowest BCUT2D eigenvalue weighted by molar-refractivity contribution is -0.154. The van der Waals surface area contributed by atoms with Crippen molar-refractivity contribution in [3.05, 3.63) is 0 Å². The van der Waals surface area contributed by atoms with Gasteiger partial charge in [0.1, 0.15) is 0 Å². The second-order valence-corrected chi connectivity index (χ2v) is 3.80. The molecule has 2 nitrogen and oxygen atoms in total. The van der Waals surface area contributed by atoms with E-state index in [1.54, 1.807) is 13.8 Å². The Balaban J connectivity index is 4.37. The zero-order valence-electron chi connectivity index (χ0n) is 9.51. The molecule has 0 aromatic carbocycles. The van der Waals surface area contributed by atoms with Crippen molar-refractivity contribution in [2.75, 3.05) is 13.1 Å². The molecule has 92 valence electrons. The summed E-state index contributed by atoms with van der Waals surface area (Å²) in [6.45, 7) is 4.64. The molecule has 0 aliphatic carbocycles. The van der Waals surface area contributed by atoms with Crippen LogP contribution >= 0.6 is 0 Å². The van der Waals surface area contributed by atoms with Gasteiger partial charge in [-0.2, -0.15) is 13.2 Å². The first-order chi connectivity index (χ1) is 6.81. The predicted octanol–water partition coefficient (Wildman–Crippen LogP) is 2.42. The van der Waals surface area contributed by atoms with Crippen LogP contribution in [0.5, 0.6) is 0 Å². The summed E-state index contributed by atoms with van der Waals surface area (Å²) in [5.74, 6) is 0. The van der Waals surface area contributed by atoms with E-state index < -0.39 is 24.9 Å². The summed E-state index contributed by atoms with van der Waals surface area (Å²) in [7, 11) is 0. The minimum atomic E-state index is -4.20. The number of aliphatic hydroxyl groups excluding tert-OH is 1. The third-order valence-corrected chi connectivity index (χ3v) is 2.44. The van der Waals surface area contributed by atoms with E-state index in [4.69, 9.17) is 0 Å². The van der Waals surface area contributed by atoms with Gasteiger partial charge in [-0.25, -0.2) is 0 Å². The molecule has 0 fully saturated rings. The van der Waals surface area contributed by atoms with Crippen LogP contribution in [0.15, 0.2) is 0 Å². The first-order valence-corrected chi connectivity index (χ1v) is 5.30. The summed E-state index contributed by atoms with van der Waals surface area (Å²) in [6.07, 6.45) is -3.77. The third kappa shape index (κ3) is 5.99. The Hall–Kier alpha value is -0.290. The van der Waals surface area contributed by atoms with Gasteiger partial charge < -0.3 is 5.11 Å². The molecule has 0 radical (unpaired) electrons. The minimum Gasteiger partial charge on any atom is -0.392 e. The van der Waals surface area contributed by atoms with Crippen LogP contribution in [0.1, 0.15) is 33.6 Å². The fourth-order valence-corrected chi connectivity index (χ4v) is 1.53. The van der Waals surface area contributed by atoms with Crippen molar-refractivity contribution < 1.29 is 18.3 Å². The fourth-order valence-electron chi connectivity index (χ4n) is 1.53. The third-order valence-electron chi connectivity index (χ3n) is 2.44. The second-order valence-electron chi connectivity index (χ2n) is 3.80. The van der Waals surface area contributed by atoms with Crippen LogP contribution in [-0.4, -0.2) is 41.4 Å². The Labute approximate surface area is 89.1 Å². The highest BCUT2D eigenvalue weighted by Crippen LogP contribution is 2.19. The molecule has 0 aliphatic heterocycles. The summed E-state index contributed by atoms with van der Waals surface area (Å²) in [6, 6.07) is -0.448. The highest BCUT2D eigenvalue weighted by Gasteiger charge is 2.33. The molecule has 5 heteroatoms. The van der Waals surface area contributed by atoms with E-state index in [0.29, 0.717) is 19.4 Å². The topological polar surface area (TPSA) is 23.5 Å². The Morgan fingerprint density at radius 1 is 1.27 bits per heavy atom. The summed E-state index contributed by atoms with van der Waals surface area (Å²) in [4.78, 5) is 1.29. The van der Waals surface area contributed by atoms with E-state index >= 15 is 0 Å². The lowest BCUT2D eigenvalue weighted by Gasteiger charge is -2.32. The zero-order valence-corrected chi connectivity index (χ0v) is 9.51. The maximum absolute atomic E-state index is 12.2. The summed E-state index contributed by atoms with van der Waals surface area (Å²) in [5, 5.41) is 9.51. The average Bonchev–Trinajstić information content (AvgIpc) is 2.13. The van der Waals surface area contributed by atoms with E-state index in [-0.39, 0.29) is 0 Å². The van der Waals surface area contributed by atoms with Gasteiger partial charge in [0.05, 0.1) is 12.6 Å². The van der Waals surface area contributed by atoms with Crippen molar-refractivity contribution in [2.24, 2.45) is 0 Å². The molecule has 2 unspecified atom stereocenters. The van der Waals surface area contributed by atoms with Gasteiger partial charge in [-0.05, 0) is 26.3 Å². The summed E-state index contributed by atoms with van der Waals surface area (Å²) >= 11 is 0. The average molecular weight is 227 g/mol. The van der Waals surface area contributed by atoms with Crippen molar-refractivity contribution >= 4 is 0 Å². The van der Waals surface area contributed by atoms with E-state index in [2.05, 4.69) is 0 Å². The number of nitrogens with zero attached hydrogens (tertiary/aromatic N) is 1. The Morgan fingerprint density at radius 2 is 1.80 bits per heavy atom. The Bertz CT molecular complexity index is 173. The van der Waals surface area contributed by atoms with Crippen molar-refractivity contribution in [1.82, 2.24) is 4.90 Å². The van der Waals surface area contributed by atoms with E-state index in [0.717, 1.165) is 0 Å². The standard InChI is InChI=1S/C10H20F3NO/c1-4-6-14(7-10(11,12)13)8(3)9(15)5-2/h8-9,15H,4-7H2,1-3H3. The molecule has 0 aromatic heterocycles. The normalized spacial score (nSPS) is 16.8. The first-order valence-electron chi connectivity index (χ1n) is 5.30. The molecular weight excluding hydrogens is 207 g/mol. The maximum atomic E-state index is 12.2. The van der Waals surface area contributed by atoms with Gasteiger partial charge in [-0.3, -0.25) is 4.90 Å². The molecule has 0 rings (SSSR count). The van der Waals surface area contributed by atoms with Gasteiger partial charge in [-0.1, -0.05) is 13.8 Å². The summed E-state index contributed by atoms with van der Waals surface area (Å²) < 4.78 is 36.7. The Morgan fingerprint density at radius 3 is 2.13 bits per heavy atom. The van der Waals surface area contributed by atoms with Crippen LogP contribution in [-0.2, 0) is 0 Å². The Kier molecular flexibility index (Phi) is 6.20. The molecule has 1 N–H and O–H groups in total. The van der Waals surface area contributed by atoms with Gasteiger partial charge in [-0.15, -0.1) is 0 Å². The second kappa shape index (κ2) is 6.33. The minimum absolute atomic E-state index is 0.359. The van der Waals surface area contributed by atoms with Gasteiger partial charge in [0.25, 0.3) is 0 Å². The van der Waals surface area contributed by atoms with Gasteiger partial charge in [0.15, 0.2) is 0 Å².